The highest BCUT2D eigenvalue weighted by Crippen LogP contribution is 2.35. The summed E-state index contributed by atoms with van der Waals surface area (Å²) in [5.41, 5.74) is 1.38. The van der Waals surface area contributed by atoms with E-state index in [1.165, 1.54) is 18.5 Å². The van der Waals surface area contributed by atoms with Crippen LogP contribution in [0.1, 0.15) is 5.56 Å². The molecule has 6 heteroatoms. The third-order valence-corrected chi connectivity index (χ3v) is 2.83. The van der Waals surface area contributed by atoms with Crippen molar-refractivity contribution in [3.8, 4) is 11.8 Å². The van der Waals surface area contributed by atoms with E-state index in [0.29, 0.717) is 16.9 Å². The summed E-state index contributed by atoms with van der Waals surface area (Å²) in [7, 11) is 0. The molecule has 0 unspecified atom stereocenters. The molecular weight excluding hydrogens is 237 g/mol. The number of aliphatic imine (C=N–C) groups is 1. The summed E-state index contributed by atoms with van der Waals surface area (Å²) in [6.07, 6.45) is 1.49. The number of H-pyrrole nitrogens is 1. The van der Waals surface area contributed by atoms with Crippen molar-refractivity contribution in [1.29, 1.82) is 0 Å². The monoisotopic (exact) mass is 247 g/mol. The Morgan fingerprint density at radius 2 is 2.17 bits per heavy atom. The molecule has 2 aromatic rings. The Morgan fingerprint density at radius 3 is 2.89 bits per heavy atom. The molecule has 1 aromatic heterocycles. The predicted octanol–water partition coefficient (Wildman–Crippen LogP) is 2.24. The number of rotatable bonds is 1. The molecule has 0 amide bonds. The van der Waals surface area contributed by atoms with Crippen molar-refractivity contribution >= 4 is 17.7 Å². The fourth-order valence-corrected chi connectivity index (χ4v) is 1.95. The van der Waals surface area contributed by atoms with Crippen molar-refractivity contribution in [2.45, 2.75) is 6.54 Å². The number of anilines is 1. The molecule has 0 aliphatic carbocycles. The average Bonchev–Trinajstić information content (AvgIpc) is 2.69. The first-order valence-corrected chi connectivity index (χ1v) is 5.34. The number of aromatic hydroxyl groups is 2. The van der Waals surface area contributed by atoms with E-state index in [9.17, 15) is 14.6 Å². The van der Waals surface area contributed by atoms with Gasteiger partial charge in [0.15, 0.2) is 5.88 Å². The Labute approximate surface area is 102 Å². The fraction of sp³-hybridized carbons (Fsp3) is 0.0833. The van der Waals surface area contributed by atoms with Gasteiger partial charge < -0.3 is 15.1 Å². The standard InChI is InChI=1S/C12H10FN3O2/c13-8-2-1-3-9-7(8)5-16(6-14-9)10-4-11(17)15-12(10)18/h1-4,6,15,17-18H,5H2. The molecule has 0 spiro atoms. The number of nitrogens with zero attached hydrogens (tertiary/aromatic N) is 2. The number of fused-ring (bicyclic) bond motifs is 1. The minimum Gasteiger partial charge on any atom is -0.494 e. The van der Waals surface area contributed by atoms with Crippen LogP contribution in [0.5, 0.6) is 11.8 Å². The molecule has 0 bridgehead atoms. The maximum absolute atomic E-state index is 13.6. The van der Waals surface area contributed by atoms with Gasteiger partial charge in [0.1, 0.15) is 11.5 Å². The van der Waals surface area contributed by atoms with Gasteiger partial charge in [-0.15, -0.1) is 0 Å². The Balaban J connectivity index is 2.01. The van der Waals surface area contributed by atoms with Crippen LogP contribution in [0.15, 0.2) is 29.3 Å². The zero-order chi connectivity index (χ0) is 12.7. The highest BCUT2D eigenvalue weighted by molar-refractivity contribution is 5.86. The van der Waals surface area contributed by atoms with Crippen LogP contribution in [-0.2, 0) is 6.54 Å². The predicted molar refractivity (Wildman–Crippen MR) is 64.9 cm³/mol. The van der Waals surface area contributed by atoms with Crippen molar-refractivity contribution in [3.63, 3.8) is 0 Å². The van der Waals surface area contributed by atoms with Crippen LogP contribution in [-0.4, -0.2) is 21.5 Å². The molecule has 0 atom stereocenters. The van der Waals surface area contributed by atoms with Gasteiger partial charge in [-0.25, -0.2) is 9.38 Å². The van der Waals surface area contributed by atoms with Crippen LogP contribution in [0.3, 0.4) is 0 Å². The van der Waals surface area contributed by atoms with Crippen molar-refractivity contribution in [2.24, 2.45) is 4.99 Å². The van der Waals surface area contributed by atoms with Crippen molar-refractivity contribution < 1.29 is 14.6 Å². The minimum atomic E-state index is -0.339. The smallest absolute Gasteiger partial charge is 0.215 e. The summed E-state index contributed by atoms with van der Waals surface area (Å²) in [4.78, 5) is 8.03. The van der Waals surface area contributed by atoms with Gasteiger partial charge in [0.05, 0.1) is 18.6 Å². The summed E-state index contributed by atoms with van der Waals surface area (Å²) in [6.45, 7) is 0.246. The first-order valence-electron chi connectivity index (χ1n) is 5.34. The van der Waals surface area contributed by atoms with Crippen molar-refractivity contribution in [2.75, 3.05) is 4.90 Å². The molecule has 3 N–H and O–H groups in total. The molecule has 1 aliphatic rings. The van der Waals surface area contributed by atoms with Crippen LogP contribution < -0.4 is 4.90 Å². The lowest BCUT2D eigenvalue weighted by molar-refractivity contribution is 0.425. The Bertz CT molecular complexity index is 636. The van der Waals surface area contributed by atoms with Gasteiger partial charge >= 0.3 is 0 Å². The highest BCUT2D eigenvalue weighted by atomic mass is 19.1. The van der Waals surface area contributed by atoms with Gasteiger partial charge in [-0.1, -0.05) is 6.07 Å². The van der Waals surface area contributed by atoms with E-state index < -0.39 is 0 Å². The fourth-order valence-electron chi connectivity index (χ4n) is 1.95. The lowest BCUT2D eigenvalue weighted by Gasteiger charge is -2.23. The van der Waals surface area contributed by atoms with E-state index in [-0.39, 0.29) is 24.1 Å². The first-order chi connectivity index (χ1) is 8.65. The normalized spacial score (nSPS) is 13.7. The first kappa shape index (κ1) is 10.6. The molecule has 18 heavy (non-hydrogen) atoms. The molecule has 0 fully saturated rings. The topological polar surface area (TPSA) is 71.8 Å². The molecule has 0 radical (unpaired) electrons. The van der Waals surface area contributed by atoms with E-state index in [0.717, 1.165) is 0 Å². The molecule has 0 saturated heterocycles. The van der Waals surface area contributed by atoms with Gasteiger partial charge in [-0.05, 0) is 12.1 Å². The van der Waals surface area contributed by atoms with Crippen LogP contribution in [0.2, 0.25) is 0 Å². The number of aromatic amines is 1. The molecule has 3 rings (SSSR count). The second kappa shape index (κ2) is 3.76. The molecule has 0 saturated carbocycles. The Kier molecular flexibility index (Phi) is 2.22. The largest absolute Gasteiger partial charge is 0.494 e. The van der Waals surface area contributed by atoms with E-state index in [1.54, 1.807) is 17.0 Å². The summed E-state index contributed by atoms with van der Waals surface area (Å²) in [6, 6.07) is 6.04. The number of halogens is 1. The molecule has 5 nitrogen and oxygen atoms in total. The second-order valence-electron chi connectivity index (χ2n) is 4.00. The zero-order valence-electron chi connectivity index (χ0n) is 9.26. The van der Waals surface area contributed by atoms with Gasteiger partial charge in [-0.3, -0.25) is 4.98 Å². The molecule has 1 aromatic carbocycles. The maximum atomic E-state index is 13.6. The van der Waals surface area contributed by atoms with Gasteiger partial charge in [0, 0.05) is 11.6 Å². The number of hydrogen-bond donors (Lipinski definition) is 3. The van der Waals surface area contributed by atoms with Crippen LogP contribution in [0, 0.1) is 5.82 Å². The summed E-state index contributed by atoms with van der Waals surface area (Å²) in [5.74, 6) is -0.678. The number of nitrogens with one attached hydrogen (secondary N) is 1. The Hall–Kier alpha value is -2.50. The summed E-state index contributed by atoms with van der Waals surface area (Å²) >= 11 is 0. The van der Waals surface area contributed by atoms with E-state index in [4.69, 9.17) is 0 Å². The second-order valence-corrected chi connectivity index (χ2v) is 4.00. The highest BCUT2D eigenvalue weighted by Gasteiger charge is 2.20. The van der Waals surface area contributed by atoms with Crippen molar-refractivity contribution in [1.82, 2.24) is 4.98 Å². The van der Waals surface area contributed by atoms with Gasteiger partial charge in [0.25, 0.3) is 0 Å². The molecule has 1 aliphatic heterocycles. The number of hydrogen-bond acceptors (Lipinski definition) is 4. The van der Waals surface area contributed by atoms with Crippen LogP contribution >= 0.6 is 0 Å². The van der Waals surface area contributed by atoms with Crippen LogP contribution in [0.4, 0.5) is 15.8 Å². The maximum Gasteiger partial charge on any atom is 0.215 e. The van der Waals surface area contributed by atoms with Crippen LogP contribution in [0.25, 0.3) is 0 Å². The SMILES string of the molecule is Oc1cc(N2C=Nc3cccc(F)c3C2)c(O)[nH]1. The third kappa shape index (κ3) is 1.58. The van der Waals surface area contributed by atoms with E-state index in [1.807, 2.05) is 0 Å². The summed E-state index contributed by atoms with van der Waals surface area (Å²) in [5, 5.41) is 18.8. The lowest BCUT2D eigenvalue weighted by atomic mass is 10.1. The molecule has 92 valence electrons. The average molecular weight is 247 g/mol. The number of benzene rings is 1. The summed E-state index contributed by atoms with van der Waals surface area (Å²) < 4.78 is 13.6. The quantitative estimate of drug-likeness (QED) is 0.723. The third-order valence-electron chi connectivity index (χ3n) is 2.83. The Morgan fingerprint density at radius 1 is 1.33 bits per heavy atom. The van der Waals surface area contributed by atoms with Gasteiger partial charge in [0.2, 0.25) is 5.88 Å². The minimum absolute atomic E-state index is 0.157. The molecule has 2 heterocycles. The van der Waals surface area contributed by atoms with E-state index >= 15 is 0 Å². The zero-order valence-corrected chi connectivity index (χ0v) is 9.26. The van der Waals surface area contributed by atoms with E-state index in [2.05, 4.69) is 9.98 Å². The lowest BCUT2D eigenvalue weighted by Crippen LogP contribution is -2.23. The van der Waals surface area contributed by atoms with Crippen molar-refractivity contribution in [3.05, 3.63) is 35.6 Å². The molecular formula is C12H10FN3O2. The van der Waals surface area contributed by atoms with Gasteiger partial charge in [-0.2, -0.15) is 0 Å². The number of aromatic nitrogens is 1.